The van der Waals surface area contributed by atoms with Gasteiger partial charge < -0.3 is 5.32 Å². The Balaban J connectivity index is 2.63. The molecule has 0 aliphatic carbocycles. The van der Waals surface area contributed by atoms with Crippen LogP contribution in [-0.2, 0) is 6.18 Å². The number of alkyl halides is 3. The van der Waals surface area contributed by atoms with E-state index in [1.165, 1.54) is 6.07 Å². The number of benzene rings is 1. The highest BCUT2D eigenvalue weighted by atomic mass is 19.4. The molecule has 0 saturated heterocycles. The molecule has 0 spiro atoms. The molecular formula is C13H13F4N3. The molecule has 2 rings (SSSR count). The van der Waals surface area contributed by atoms with Crippen molar-refractivity contribution < 1.29 is 17.6 Å². The number of fused-ring (bicyclic) bond motifs is 1. The second-order valence-corrected chi connectivity index (χ2v) is 4.51. The highest BCUT2D eigenvalue weighted by Crippen LogP contribution is 2.30. The van der Waals surface area contributed by atoms with E-state index in [-0.39, 0.29) is 22.8 Å². The number of hydrogen-bond acceptors (Lipinski definition) is 3. The van der Waals surface area contributed by atoms with E-state index in [1.807, 2.05) is 6.92 Å². The number of anilines is 1. The molecule has 0 radical (unpaired) electrons. The van der Waals surface area contributed by atoms with Crippen molar-refractivity contribution in [2.24, 2.45) is 0 Å². The van der Waals surface area contributed by atoms with E-state index in [0.29, 0.717) is 6.42 Å². The molecule has 7 heteroatoms. The van der Waals surface area contributed by atoms with Crippen molar-refractivity contribution in [1.82, 2.24) is 9.97 Å². The fourth-order valence-electron chi connectivity index (χ4n) is 1.67. The Morgan fingerprint density at radius 1 is 1.25 bits per heavy atom. The van der Waals surface area contributed by atoms with Crippen LogP contribution in [-0.4, -0.2) is 16.0 Å². The molecule has 0 aliphatic rings. The Morgan fingerprint density at radius 3 is 2.55 bits per heavy atom. The first-order chi connectivity index (χ1) is 9.31. The van der Waals surface area contributed by atoms with Gasteiger partial charge in [-0.15, -0.1) is 0 Å². The molecule has 0 aliphatic heterocycles. The zero-order chi connectivity index (χ0) is 14.9. The van der Waals surface area contributed by atoms with Crippen molar-refractivity contribution in [1.29, 1.82) is 0 Å². The summed E-state index contributed by atoms with van der Waals surface area (Å²) in [6, 6.07) is 3.32. The van der Waals surface area contributed by atoms with E-state index in [9.17, 15) is 17.6 Å². The normalized spacial score (nSPS) is 13.5. The van der Waals surface area contributed by atoms with E-state index in [1.54, 1.807) is 6.92 Å². The average molecular weight is 287 g/mol. The van der Waals surface area contributed by atoms with Crippen LogP contribution in [0.1, 0.15) is 26.1 Å². The van der Waals surface area contributed by atoms with Crippen molar-refractivity contribution in [2.45, 2.75) is 32.5 Å². The molecule has 1 N–H and O–H groups in total. The van der Waals surface area contributed by atoms with Crippen LogP contribution in [0.5, 0.6) is 0 Å². The topological polar surface area (TPSA) is 37.8 Å². The lowest BCUT2D eigenvalue weighted by molar-refractivity contribution is -0.144. The van der Waals surface area contributed by atoms with E-state index in [4.69, 9.17) is 0 Å². The summed E-state index contributed by atoms with van der Waals surface area (Å²) in [5.74, 6) is -1.79. The van der Waals surface area contributed by atoms with Gasteiger partial charge in [-0.05, 0) is 31.5 Å². The lowest BCUT2D eigenvalue weighted by Crippen LogP contribution is -2.18. The Labute approximate surface area is 113 Å². The van der Waals surface area contributed by atoms with Crippen LogP contribution in [0.3, 0.4) is 0 Å². The fourth-order valence-corrected chi connectivity index (χ4v) is 1.67. The summed E-state index contributed by atoms with van der Waals surface area (Å²) in [6.07, 6.45) is -3.95. The number of hydrogen-bond donors (Lipinski definition) is 1. The minimum Gasteiger partial charge on any atom is -0.367 e. The first kappa shape index (κ1) is 14.5. The van der Waals surface area contributed by atoms with Crippen molar-refractivity contribution >= 4 is 16.7 Å². The minimum atomic E-state index is -4.64. The van der Waals surface area contributed by atoms with Gasteiger partial charge in [-0.25, -0.2) is 14.4 Å². The van der Waals surface area contributed by atoms with Gasteiger partial charge in [-0.3, -0.25) is 0 Å². The molecule has 1 aromatic carbocycles. The van der Waals surface area contributed by atoms with Gasteiger partial charge in [0.2, 0.25) is 5.82 Å². The summed E-state index contributed by atoms with van der Waals surface area (Å²) in [5, 5.41) is 3.09. The van der Waals surface area contributed by atoms with E-state index >= 15 is 0 Å². The first-order valence-electron chi connectivity index (χ1n) is 6.12. The quantitative estimate of drug-likeness (QED) is 0.867. The molecular weight excluding hydrogens is 274 g/mol. The highest BCUT2D eigenvalue weighted by Gasteiger charge is 2.35. The average Bonchev–Trinajstić information content (AvgIpc) is 2.37. The number of aromatic nitrogens is 2. The third kappa shape index (κ3) is 2.97. The first-order valence-corrected chi connectivity index (χ1v) is 6.12. The summed E-state index contributed by atoms with van der Waals surface area (Å²) < 4.78 is 51.6. The smallest absolute Gasteiger partial charge is 0.367 e. The monoisotopic (exact) mass is 287 g/mol. The second-order valence-electron chi connectivity index (χ2n) is 4.51. The Morgan fingerprint density at radius 2 is 1.95 bits per heavy atom. The summed E-state index contributed by atoms with van der Waals surface area (Å²) in [5.41, 5.74) is 0.0551. The van der Waals surface area contributed by atoms with Gasteiger partial charge in [0.05, 0.1) is 5.52 Å². The SMILES string of the molecule is CCC(C)Nc1nc(C(F)(F)F)nc2ccc(F)cc12. The highest BCUT2D eigenvalue weighted by molar-refractivity contribution is 5.89. The minimum absolute atomic E-state index is 0.00354. The number of rotatable bonds is 3. The van der Waals surface area contributed by atoms with E-state index in [0.717, 1.165) is 12.1 Å². The number of nitrogens with zero attached hydrogens (tertiary/aromatic N) is 2. The van der Waals surface area contributed by atoms with Gasteiger partial charge in [0.1, 0.15) is 11.6 Å². The number of nitrogens with one attached hydrogen (secondary N) is 1. The maximum atomic E-state index is 13.3. The number of halogens is 4. The molecule has 1 atom stereocenters. The molecule has 3 nitrogen and oxygen atoms in total. The molecule has 20 heavy (non-hydrogen) atoms. The van der Waals surface area contributed by atoms with Crippen LogP contribution in [0.2, 0.25) is 0 Å². The third-order valence-electron chi connectivity index (χ3n) is 2.91. The predicted octanol–water partition coefficient (Wildman–Crippen LogP) is 4.00. The van der Waals surface area contributed by atoms with Crippen LogP contribution < -0.4 is 5.32 Å². The molecule has 0 fully saturated rings. The molecule has 0 saturated carbocycles. The van der Waals surface area contributed by atoms with Crippen molar-refractivity contribution in [3.63, 3.8) is 0 Å². The fraction of sp³-hybridized carbons (Fsp3) is 0.385. The van der Waals surface area contributed by atoms with Crippen LogP contribution >= 0.6 is 0 Å². The molecule has 1 heterocycles. The molecule has 0 bridgehead atoms. The maximum Gasteiger partial charge on any atom is 0.451 e. The van der Waals surface area contributed by atoms with Crippen LogP contribution in [0.4, 0.5) is 23.4 Å². The van der Waals surface area contributed by atoms with Crippen molar-refractivity contribution in [3.8, 4) is 0 Å². The van der Waals surface area contributed by atoms with Crippen LogP contribution in [0.25, 0.3) is 10.9 Å². The van der Waals surface area contributed by atoms with Gasteiger partial charge in [-0.2, -0.15) is 13.2 Å². The maximum absolute atomic E-state index is 13.3. The largest absolute Gasteiger partial charge is 0.451 e. The molecule has 1 aromatic heterocycles. The molecule has 108 valence electrons. The van der Waals surface area contributed by atoms with Crippen LogP contribution in [0, 0.1) is 5.82 Å². The Bertz CT molecular complexity index is 625. The van der Waals surface area contributed by atoms with Gasteiger partial charge in [0.25, 0.3) is 0 Å². The standard InChI is InChI=1S/C13H13F4N3/c1-3-7(2)18-11-9-6-8(14)4-5-10(9)19-12(20-11)13(15,16)17/h4-7H,3H2,1-2H3,(H,18,19,20). The van der Waals surface area contributed by atoms with Crippen molar-refractivity contribution in [2.75, 3.05) is 5.32 Å². The summed E-state index contributed by atoms with van der Waals surface area (Å²) in [4.78, 5) is 6.93. The Hall–Kier alpha value is -1.92. The third-order valence-corrected chi connectivity index (χ3v) is 2.91. The second kappa shape index (κ2) is 5.22. The molecule has 2 aromatic rings. The molecule has 1 unspecified atom stereocenters. The Kier molecular flexibility index (Phi) is 3.78. The summed E-state index contributed by atoms with van der Waals surface area (Å²) in [6.45, 7) is 3.69. The summed E-state index contributed by atoms with van der Waals surface area (Å²) >= 11 is 0. The van der Waals surface area contributed by atoms with E-state index < -0.39 is 17.8 Å². The predicted molar refractivity (Wildman–Crippen MR) is 67.9 cm³/mol. The lowest BCUT2D eigenvalue weighted by Gasteiger charge is -2.16. The van der Waals surface area contributed by atoms with Gasteiger partial charge in [0, 0.05) is 11.4 Å². The lowest BCUT2D eigenvalue weighted by atomic mass is 10.2. The zero-order valence-electron chi connectivity index (χ0n) is 10.9. The van der Waals surface area contributed by atoms with Gasteiger partial charge >= 0.3 is 6.18 Å². The zero-order valence-corrected chi connectivity index (χ0v) is 10.9. The summed E-state index contributed by atoms with van der Waals surface area (Å²) in [7, 11) is 0. The van der Waals surface area contributed by atoms with E-state index in [2.05, 4.69) is 15.3 Å². The van der Waals surface area contributed by atoms with Crippen LogP contribution in [0.15, 0.2) is 18.2 Å². The van der Waals surface area contributed by atoms with Gasteiger partial charge in [0.15, 0.2) is 0 Å². The van der Waals surface area contributed by atoms with Gasteiger partial charge in [-0.1, -0.05) is 6.92 Å². The molecule has 0 amide bonds. The van der Waals surface area contributed by atoms with Crippen molar-refractivity contribution in [3.05, 3.63) is 29.8 Å².